The van der Waals surface area contributed by atoms with E-state index in [0.29, 0.717) is 0 Å². The molecule has 0 aromatic carbocycles. The predicted molar refractivity (Wildman–Crippen MR) is 99.5 cm³/mol. The third-order valence-corrected chi connectivity index (χ3v) is 5.57. The molecular weight excluding hydrogens is 336 g/mol. The summed E-state index contributed by atoms with van der Waals surface area (Å²) in [5.41, 5.74) is 2.90. The Labute approximate surface area is 147 Å². The standard InChI is InChI=1S/C18H14N4S2/c1-12-6-7-16-21-17(15-5-3-9-24-15)18(22(16)11-12)20-13(10-19)14-4-2-8-23-14/h2-9,11,13,20H,1H3. The van der Waals surface area contributed by atoms with Crippen molar-refractivity contribution < 1.29 is 0 Å². The molecule has 24 heavy (non-hydrogen) atoms. The molecule has 4 nitrogen and oxygen atoms in total. The molecule has 0 spiro atoms. The SMILES string of the molecule is Cc1ccc2nc(-c3cccs3)c(NC(C#N)c3cccs3)n2c1. The topological polar surface area (TPSA) is 53.1 Å². The van der Waals surface area contributed by atoms with Crippen LogP contribution in [0.5, 0.6) is 0 Å². The van der Waals surface area contributed by atoms with Crippen molar-refractivity contribution in [2.75, 3.05) is 5.32 Å². The van der Waals surface area contributed by atoms with Gasteiger partial charge in [0, 0.05) is 11.1 Å². The van der Waals surface area contributed by atoms with Gasteiger partial charge in [-0.05, 0) is 41.4 Å². The van der Waals surface area contributed by atoms with Crippen molar-refractivity contribution in [1.29, 1.82) is 5.26 Å². The lowest BCUT2D eigenvalue weighted by atomic mass is 10.2. The average Bonchev–Trinajstić information content (AvgIpc) is 3.33. The lowest BCUT2D eigenvalue weighted by Crippen LogP contribution is -2.09. The van der Waals surface area contributed by atoms with Crippen LogP contribution in [0.4, 0.5) is 5.82 Å². The summed E-state index contributed by atoms with van der Waals surface area (Å²) in [4.78, 5) is 6.85. The average molecular weight is 350 g/mol. The van der Waals surface area contributed by atoms with E-state index >= 15 is 0 Å². The first-order valence-electron chi connectivity index (χ1n) is 7.48. The molecule has 1 unspecified atom stereocenters. The fraction of sp³-hybridized carbons (Fsp3) is 0.111. The Kier molecular flexibility index (Phi) is 3.81. The molecule has 4 aromatic rings. The Morgan fingerprint density at radius 1 is 1.17 bits per heavy atom. The van der Waals surface area contributed by atoms with Gasteiger partial charge in [-0.1, -0.05) is 18.2 Å². The summed E-state index contributed by atoms with van der Waals surface area (Å²) in [6.07, 6.45) is 2.05. The molecule has 1 N–H and O–H groups in total. The number of nitriles is 1. The van der Waals surface area contributed by atoms with Gasteiger partial charge >= 0.3 is 0 Å². The number of pyridine rings is 1. The van der Waals surface area contributed by atoms with E-state index in [1.807, 2.05) is 51.7 Å². The molecule has 1 atom stereocenters. The number of anilines is 1. The summed E-state index contributed by atoms with van der Waals surface area (Å²) in [5.74, 6) is 0.858. The second-order valence-electron chi connectivity index (χ2n) is 5.44. The first-order chi connectivity index (χ1) is 11.8. The third kappa shape index (κ3) is 2.58. The maximum Gasteiger partial charge on any atom is 0.150 e. The van der Waals surface area contributed by atoms with Gasteiger partial charge in [-0.3, -0.25) is 4.40 Å². The van der Waals surface area contributed by atoms with Crippen LogP contribution in [0, 0.1) is 18.3 Å². The van der Waals surface area contributed by atoms with E-state index in [-0.39, 0.29) is 0 Å². The Morgan fingerprint density at radius 2 is 2.00 bits per heavy atom. The monoisotopic (exact) mass is 350 g/mol. The van der Waals surface area contributed by atoms with Crippen molar-refractivity contribution in [3.8, 4) is 16.6 Å². The molecule has 0 bridgehead atoms. The van der Waals surface area contributed by atoms with Crippen molar-refractivity contribution in [3.05, 3.63) is 63.8 Å². The third-order valence-electron chi connectivity index (χ3n) is 3.76. The molecule has 0 aliphatic heterocycles. The molecule has 0 radical (unpaired) electrons. The Balaban J connectivity index is 1.87. The Morgan fingerprint density at radius 3 is 2.71 bits per heavy atom. The molecule has 0 saturated heterocycles. The van der Waals surface area contributed by atoms with Crippen LogP contribution in [0.2, 0.25) is 0 Å². The molecule has 0 aliphatic carbocycles. The number of hydrogen-bond donors (Lipinski definition) is 1. The minimum Gasteiger partial charge on any atom is -0.349 e. The minimum atomic E-state index is -0.399. The van der Waals surface area contributed by atoms with Crippen LogP contribution < -0.4 is 5.32 Å². The van der Waals surface area contributed by atoms with Gasteiger partial charge in [0.05, 0.1) is 10.9 Å². The summed E-state index contributed by atoms with van der Waals surface area (Å²) in [6.45, 7) is 2.05. The maximum absolute atomic E-state index is 9.61. The highest BCUT2D eigenvalue weighted by molar-refractivity contribution is 7.13. The predicted octanol–water partition coefficient (Wildman–Crippen LogP) is 5.11. The number of aryl methyl sites for hydroxylation is 1. The number of hydrogen-bond acceptors (Lipinski definition) is 5. The summed E-state index contributed by atoms with van der Waals surface area (Å²) >= 11 is 3.22. The van der Waals surface area contributed by atoms with Crippen LogP contribution in [0.25, 0.3) is 16.2 Å². The first-order valence-corrected chi connectivity index (χ1v) is 9.24. The second-order valence-corrected chi connectivity index (χ2v) is 7.37. The smallest absolute Gasteiger partial charge is 0.150 e. The molecule has 6 heteroatoms. The van der Waals surface area contributed by atoms with Crippen LogP contribution in [0.15, 0.2) is 53.4 Å². The van der Waals surface area contributed by atoms with Crippen LogP contribution >= 0.6 is 22.7 Å². The van der Waals surface area contributed by atoms with Crippen molar-refractivity contribution in [1.82, 2.24) is 9.38 Å². The van der Waals surface area contributed by atoms with Gasteiger partial charge in [-0.2, -0.15) is 5.26 Å². The quantitative estimate of drug-likeness (QED) is 0.556. The van der Waals surface area contributed by atoms with E-state index in [0.717, 1.165) is 32.5 Å². The summed E-state index contributed by atoms with van der Waals surface area (Å²) < 4.78 is 2.03. The minimum absolute atomic E-state index is 0.399. The van der Waals surface area contributed by atoms with E-state index in [9.17, 15) is 5.26 Å². The number of nitrogens with one attached hydrogen (secondary N) is 1. The zero-order chi connectivity index (χ0) is 16.5. The van der Waals surface area contributed by atoms with Gasteiger partial charge in [0.2, 0.25) is 0 Å². The van der Waals surface area contributed by atoms with E-state index in [1.165, 1.54) is 0 Å². The zero-order valence-electron chi connectivity index (χ0n) is 12.9. The normalized spacial score (nSPS) is 12.2. The van der Waals surface area contributed by atoms with E-state index in [2.05, 4.69) is 24.4 Å². The van der Waals surface area contributed by atoms with Crippen molar-refractivity contribution in [3.63, 3.8) is 0 Å². The van der Waals surface area contributed by atoms with Gasteiger partial charge in [-0.25, -0.2) is 4.98 Å². The number of nitrogens with zero attached hydrogens (tertiary/aromatic N) is 3. The van der Waals surface area contributed by atoms with Crippen molar-refractivity contribution >= 4 is 34.1 Å². The molecule has 0 aliphatic rings. The first kappa shape index (κ1) is 14.9. The number of fused-ring (bicyclic) bond motifs is 1. The largest absolute Gasteiger partial charge is 0.349 e. The highest BCUT2D eigenvalue weighted by atomic mass is 32.1. The zero-order valence-corrected chi connectivity index (χ0v) is 14.6. The van der Waals surface area contributed by atoms with E-state index in [4.69, 9.17) is 4.98 Å². The number of thiophene rings is 2. The van der Waals surface area contributed by atoms with Crippen molar-refractivity contribution in [2.24, 2.45) is 0 Å². The van der Waals surface area contributed by atoms with Crippen LogP contribution in [-0.2, 0) is 0 Å². The fourth-order valence-corrected chi connectivity index (χ4v) is 4.07. The van der Waals surface area contributed by atoms with E-state index < -0.39 is 6.04 Å². The Hall–Kier alpha value is -2.62. The van der Waals surface area contributed by atoms with Gasteiger partial charge in [0.15, 0.2) is 6.04 Å². The molecule has 118 valence electrons. The number of imidazole rings is 1. The second kappa shape index (κ2) is 6.11. The van der Waals surface area contributed by atoms with Gasteiger partial charge in [0.25, 0.3) is 0 Å². The van der Waals surface area contributed by atoms with Gasteiger partial charge in [-0.15, -0.1) is 22.7 Å². The summed E-state index contributed by atoms with van der Waals surface area (Å²) in [5, 5.41) is 17.0. The maximum atomic E-state index is 9.61. The summed E-state index contributed by atoms with van der Waals surface area (Å²) in [6, 6.07) is 14.0. The van der Waals surface area contributed by atoms with Crippen LogP contribution in [-0.4, -0.2) is 9.38 Å². The molecule has 4 rings (SSSR count). The van der Waals surface area contributed by atoms with Crippen LogP contribution in [0.1, 0.15) is 16.5 Å². The van der Waals surface area contributed by atoms with Gasteiger partial charge < -0.3 is 5.32 Å². The molecular formula is C18H14N4S2. The lowest BCUT2D eigenvalue weighted by molar-refractivity contribution is 0.994. The molecule has 0 saturated carbocycles. The molecule has 0 amide bonds. The number of aromatic nitrogens is 2. The summed E-state index contributed by atoms with van der Waals surface area (Å²) in [7, 11) is 0. The Bertz CT molecular complexity index is 1010. The van der Waals surface area contributed by atoms with Crippen LogP contribution in [0.3, 0.4) is 0 Å². The van der Waals surface area contributed by atoms with E-state index in [1.54, 1.807) is 22.7 Å². The molecule has 4 aromatic heterocycles. The molecule has 0 fully saturated rings. The van der Waals surface area contributed by atoms with Crippen molar-refractivity contribution in [2.45, 2.75) is 13.0 Å². The number of rotatable bonds is 4. The lowest BCUT2D eigenvalue weighted by Gasteiger charge is -2.12. The fourth-order valence-electron chi connectivity index (χ4n) is 2.63. The molecule has 4 heterocycles. The van der Waals surface area contributed by atoms with Gasteiger partial charge in [0.1, 0.15) is 17.2 Å². The highest BCUT2D eigenvalue weighted by Crippen LogP contribution is 2.34. The highest BCUT2D eigenvalue weighted by Gasteiger charge is 2.19.